The number of amides is 1. The van der Waals surface area contributed by atoms with E-state index >= 15 is 0 Å². The van der Waals surface area contributed by atoms with Gasteiger partial charge in [0.15, 0.2) is 17.5 Å². The molecule has 2 unspecified atom stereocenters. The van der Waals surface area contributed by atoms with Gasteiger partial charge in [0.2, 0.25) is 5.91 Å². The molecule has 0 bridgehead atoms. The Kier molecular flexibility index (Phi) is 11.5. The highest BCUT2D eigenvalue weighted by molar-refractivity contribution is 14.0. The molecule has 0 aliphatic carbocycles. The van der Waals surface area contributed by atoms with Crippen LogP contribution in [0.5, 0.6) is 11.5 Å². The largest absolute Gasteiger partial charge is 0.493 e. The number of hydrogen-bond donors (Lipinski definition) is 2. The highest BCUT2D eigenvalue weighted by Gasteiger charge is 2.27. The SMILES string of the molecule is CCC(=O)N1CCC(NC(=NC)NCC(c2ccc(OC)c(OC)c2)N2CCOCC2)C1.I. The molecular formula is C23H38IN5O4. The number of hydrogen-bond acceptors (Lipinski definition) is 6. The van der Waals surface area contributed by atoms with Gasteiger partial charge < -0.3 is 29.7 Å². The first-order chi connectivity index (χ1) is 15.6. The van der Waals surface area contributed by atoms with E-state index < -0.39 is 0 Å². The maximum atomic E-state index is 12.0. The van der Waals surface area contributed by atoms with Crippen molar-refractivity contribution >= 4 is 35.8 Å². The number of methoxy groups -OCH3 is 2. The summed E-state index contributed by atoms with van der Waals surface area (Å²) in [5.41, 5.74) is 1.15. The lowest BCUT2D eigenvalue weighted by Crippen LogP contribution is -2.49. The van der Waals surface area contributed by atoms with E-state index in [1.54, 1.807) is 21.3 Å². The van der Waals surface area contributed by atoms with E-state index in [2.05, 4.69) is 26.6 Å². The topological polar surface area (TPSA) is 87.7 Å². The molecule has 1 aromatic rings. The Labute approximate surface area is 214 Å². The Morgan fingerprint density at radius 2 is 1.94 bits per heavy atom. The third-order valence-electron chi connectivity index (χ3n) is 6.15. The van der Waals surface area contributed by atoms with E-state index in [0.717, 1.165) is 68.8 Å². The highest BCUT2D eigenvalue weighted by atomic mass is 127. The molecule has 9 nitrogen and oxygen atoms in total. The van der Waals surface area contributed by atoms with E-state index in [9.17, 15) is 4.79 Å². The monoisotopic (exact) mass is 575 g/mol. The normalized spacial score (nSPS) is 20.1. The van der Waals surface area contributed by atoms with Gasteiger partial charge in [-0.25, -0.2) is 0 Å². The summed E-state index contributed by atoms with van der Waals surface area (Å²) in [6.45, 7) is 7.27. The number of ether oxygens (including phenoxy) is 3. The lowest BCUT2D eigenvalue weighted by Gasteiger charge is -2.35. The average Bonchev–Trinajstić information content (AvgIpc) is 3.31. The number of nitrogens with one attached hydrogen (secondary N) is 2. The molecule has 2 saturated heterocycles. The zero-order valence-corrected chi connectivity index (χ0v) is 22.5. The summed E-state index contributed by atoms with van der Waals surface area (Å²) in [6, 6.07) is 6.41. The number of carbonyl (C=O) groups excluding carboxylic acids is 1. The molecule has 2 N–H and O–H groups in total. The van der Waals surface area contributed by atoms with Crippen LogP contribution < -0.4 is 20.1 Å². The maximum absolute atomic E-state index is 12.0. The van der Waals surface area contributed by atoms with Gasteiger partial charge in [0.1, 0.15) is 0 Å². The molecule has 0 aromatic heterocycles. The summed E-state index contributed by atoms with van der Waals surface area (Å²) in [4.78, 5) is 20.7. The molecule has 2 fully saturated rings. The lowest BCUT2D eigenvalue weighted by molar-refractivity contribution is -0.129. The molecule has 2 atom stereocenters. The van der Waals surface area contributed by atoms with E-state index in [1.165, 1.54) is 0 Å². The van der Waals surface area contributed by atoms with E-state index in [1.807, 2.05) is 24.0 Å². The predicted octanol–water partition coefficient (Wildman–Crippen LogP) is 1.87. The molecule has 1 aromatic carbocycles. The minimum absolute atomic E-state index is 0. The Morgan fingerprint density at radius 3 is 2.58 bits per heavy atom. The Bertz CT molecular complexity index is 788. The number of likely N-dealkylation sites (tertiary alicyclic amines) is 1. The fourth-order valence-corrected chi connectivity index (χ4v) is 4.32. The summed E-state index contributed by atoms with van der Waals surface area (Å²) < 4.78 is 16.5. The maximum Gasteiger partial charge on any atom is 0.222 e. The van der Waals surface area contributed by atoms with Crippen LogP contribution in [0.2, 0.25) is 0 Å². The number of aliphatic imine (C=N–C) groups is 1. The molecule has 33 heavy (non-hydrogen) atoms. The summed E-state index contributed by atoms with van der Waals surface area (Å²) in [5.74, 6) is 2.39. The third kappa shape index (κ3) is 7.35. The quantitative estimate of drug-likeness (QED) is 0.278. The zero-order valence-electron chi connectivity index (χ0n) is 20.1. The van der Waals surface area contributed by atoms with Crippen molar-refractivity contribution < 1.29 is 19.0 Å². The molecule has 0 saturated carbocycles. The smallest absolute Gasteiger partial charge is 0.222 e. The summed E-state index contributed by atoms with van der Waals surface area (Å²) in [6.07, 6.45) is 1.47. The average molecular weight is 575 g/mol. The standard InChI is InChI=1S/C23H37N5O4.HI/c1-5-22(29)28-9-8-18(16-28)26-23(24-2)25-15-19(27-10-12-32-13-11-27)17-6-7-20(30-3)21(14-17)31-4;/h6-7,14,18-19H,5,8-13,15-16H2,1-4H3,(H2,24,25,26);1H. The fraction of sp³-hybridized carbons (Fsp3) is 0.652. The highest BCUT2D eigenvalue weighted by Crippen LogP contribution is 2.32. The van der Waals surface area contributed by atoms with Gasteiger partial charge in [-0.15, -0.1) is 24.0 Å². The van der Waals surface area contributed by atoms with Crippen LogP contribution in [0.15, 0.2) is 23.2 Å². The van der Waals surface area contributed by atoms with Gasteiger partial charge in [0.05, 0.1) is 33.5 Å². The predicted molar refractivity (Wildman–Crippen MR) is 140 cm³/mol. The molecular weight excluding hydrogens is 537 g/mol. The van der Waals surface area contributed by atoms with Crippen molar-refractivity contribution in [3.05, 3.63) is 23.8 Å². The molecule has 2 heterocycles. The Morgan fingerprint density at radius 1 is 1.21 bits per heavy atom. The van der Waals surface area contributed by atoms with Gasteiger partial charge in [-0.1, -0.05) is 13.0 Å². The van der Waals surface area contributed by atoms with E-state index in [0.29, 0.717) is 13.0 Å². The van der Waals surface area contributed by atoms with Gasteiger partial charge in [0, 0.05) is 52.2 Å². The number of rotatable bonds is 8. The second kappa shape index (κ2) is 13.8. The fourth-order valence-electron chi connectivity index (χ4n) is 4.32. The second-order valence-electron chi connectivity index (χ2n) is 8.05. The zero-order chi connectivity index (χ0) is 22.9. The minimum Gasteiger partial charge on any atom is -0.493 e. The Hall–Kier alpha value is -1.79. The molecule has 1 amide bonds. The molecule has 2 aliphatic heterocycles. The van der Waals surface area contributed by atoms with Crippen LogP contribution in [0.25, 0.3) is 0 Å². The number of carbonyl (C=O) groups is 1. The molecule has 3 rings (SSSR count). The van der Waals surface area contributed by atoms with Crippen molar-refractivity contribution in [2.45, 2.75) is 31.8 Å². The first kappa shape index (κ1) is 27.5. The summed E-state index contributed by atoms with van der Waals surface area (Å²) in [5, 5.41) is 6.98. The van der Waals surface area contributed by atoms with Crippen molar-refractivity contribution in [1.29, 1.82) is 0 Å². The number of guanidine groups is 1. The molecule has 0 spiro atoms. The van der Waals surface area contributed by atoms with Gasteiger partial charge in [-0.2, -0.15) is 0 Å². The van der Waals surface area contributed by atoms with Crippen LogP contribution in [0.1, 0.15) is 31.4 Å². The number of nitrogens with zero attached hydrogens (tertiary/aromatic N) is 3. The third-order valence-corrected chi connectivity index (χ3v) is 6.15. The first-order valence-electron chi connectivity index (χ1n) is 11.4. The molecule has 0 radical (unpaired) electrons. The number of benzene rings is 1. The molecule has 186 valence electrons. The van der Waals surface area contributed by atoms with Gasteiger partial charge in [-0.05, 0) is 24.1 Å². The van der Waals surface area contributed by atoms with Crippen LogP contribution >= 0.6 is 24.0 Å². The molecule has 2 aliphatic rings. The van der Waals surface area contributed by atoms with Crippen molar-refractivity contribution in [3.8, 4) is 11.5 Å². The minimum atomic E-state index is 0. The van der Waals surface area contributed by atoms with Crippen molar-refractivity contribution in [2.24, 2.45) is 4.99 Å². The van der Waals surface area contributed by atoms with Gasteiger partial charge in [0.25, 0.3) is 0 Å². The van der Waals surface area contributed by atoms with Crippen LogP contribution in [0.3, 0.4) is 0 Å². The number of halogens is 1. The van der Waals surface area contributed by atoms with Crippen LogP contribution in [-0.2, 0) is 9.53 Å². The Balaban J connectivity index is 0.00000385. The second-order valence-corrected chi connectivity index (χ2v) is 8.05. The van der Waals surface area contributed by atoms with Crippen LogP contribution in [0.4, 0.5) is 0 Å². The van der Waals surface area contributed by atoms with Gasteiger partial charge in [-0.3, -0.25) is 14.7 Å². The first-order valence-corrected chi connectivity index (χ1v) is 11.4. The van der Waals surface area contributed by atoms with E-state index in [-0.39, 0.29) is 42.0 Å². The van der Waals surface area contributed by atoms with Crippen molar-refractivity contribution in [2.75, 3.05) is 67.2 Å². The lowest BCUT2D eigenvalue weighted by atomic mass is 10.0. The summed E-state index contributed by atoms with van der Waals surface area (Å²) >= 11 is 0. The van der Waals surface area contributed by atoms with Gasteiger partial charge >= 0.3 is 0 Å². The van der Waals surface area contributed by atoms with Crippen molar-refractivity contribution in [3.63, 3.8) is 0 Å². The van der Waals surface area contributed by atoms with Crippen molar-refractivity contribution in [1.82, 2.24) is 20.4 Å². The van der Waals surface area contributed by atoms with E-state index in [4.69, 9.17) is 14.2 Å². The van der Waals surface area contributed by atoms with Crippen LogP contribution in [-0.4, -0.2) is 94.9 Å². The number of morpholine rings is 1. The molecule has 10 heteroatoms. The van der Waals surface area contributed by atoms with Crippen LogP contribution in [0, 0.1) is 0 Å². The summed E-state index contributed by atoms with van der Waals surface area (Å²) in [7, 11) is 5.08.